The van der Waals surface area contributed by atoms with E-state index in [1.54, 1.807) is 28.1 Å². The third-order valence-corrected chi connectivity index (χ3v) is 7.14. The molecule has 0 bridgehead atoms. The summed E-state index contributed by atoms with van der Waals surface area (Å²) in [6, 6.07) is 14.7. The van der Waals surface area contributed by atoms with Crippen LogP contribution in [0.15, 0.2) is 48.5 Å². The number of carbonyl (C=O) groups excluding carboxylic acids is 2. The van der Waals surface area contributed by atoms with Crippen LogP contribution in [0, 0.1) is 0 Å². The number of ether oxygens (including phenoxy) is 4. The summed E-state index contributed by atoms with van der Waals surface area (Å²) in [5.74, 6) is 0.887. The topological polar surface area (TPSA) is 133 Å². The smallest absolute Gasteiger partial charge is 0.342 e. The summed E-state index contributed by atoms with van der Waals surface area (Å²) in [5.41, 5.74) is 18.4. The van der Waals surface area contributed by atoms with E-state index in [2.05, 4.69) is 0 Å². The summed E-state index contributed by atoms with van der Waals surface area (Å²) in [7, 11) is 3.19. The third kappa shape index (κ3) is 4.31. The molecule has 10 heteroatoms. The van der Waals surface area contributed by atoms with E-state index in [0.717, 1.165) is 33.9 Å². The van der Waals surface area contributed by atoms with Gasteiger partial charge in [-0.3, -0.25) is 9.13 Å². The second kappa shape index (κ2) is 10.7. The standard InChI is InChI=1S/C30H32N4O6/c1-5-39-29(35)25-21-15-24-22(16-23(21)33(27(25)31)17-7-11-19(37-3)12-8-17)26(30(36)40-6-2)28(32)34(24)18-9-13-20(38-4)14-10-18/h7-14H,5-6,15-16,31-32H2,1-4H3. The van der Waals surface area contributed by atoms with Crippen molar-refractivity contribution in [2.24, 2.45) is 0 Å². The van der Waals surface area contributed by atoms with Crippen LogP contribution in [0.1, 0.15) is 57.1 Å². The van der Waals surface area contributed by atoms with Gasteiger partial charge in [-0.25, -0.2) is 9.59 Å². The Balaban J connectivity index is 1.75. The lowest BCUT2D eigenvalue weighted by atomic mass is 9.90. The Hall–Kier alpha value is -4.86. The van der Waals surface area contributed by atoms with Gasteiger partial charge >= 0.3 is 11.9 Å². The van der Waals surface area contributed by atoms with Crippen molar-refractivity contribution in [3.63, 3.8) is 0 Å². The Morgan fingerprint density at radius 1 is 0.675 bits per heavy atom. The number of nitrogen functional groups attached to an aromatic ring is 2. The Labute approximate surface area is 232 Å². The van der Waals surface area contributed by atoms with Gasteiger partial charge in [0, 0.05) is 35.6 Å². The van der Waals surface area contributed by atoms with Crippen molar-refractivity contribution >= 4 is 23.6 Å². The molecule has 0 radical (unpaired) electrons. The van der Waals surface area contributed by atoms with Crippen molar-refractivity contribution in [3.8, 4) is 22.9 Å². The predicted octanol–water partition coefficient (Wildman–Crippen LogP) is 4.30. The van der Waals surface area contributed by atoms with Gasteiger partial charge < -0.3 is 30.4 Å². The second-order valence-electron chi connectivity index (χ2n) is 9.23. The second-order valence-corrected chi connectivity index (χ2v) is 9.23. The van der Waals surface area contributed by atoms with Gasteiger partial charge in [0.2, 0.25) is 0 Å². The van der Waals surface area contributed by atoms with E-state index < -0.39 is 11.9 Å². The highest BCUT2D eigenvalue weighted by molar-refractivity contribution is 6.00. The summed E-state index contributed by atoms with van der Waals surface area (Å²) in [6.45, 7) is 3.91. The van der Waals surface area contributed by atoms with Crippen molar-refractivity contribution < 1.29 is 28.5 Å². The average molecular weight is 545 g/mol. The molecule has 0 saturated heterocycles. The molecule has 0 fully saturated rings. The summed E-state index contributed by atoms with van der Waals surface area (Å²) >= 11 is 0. The fraction of sp³-hybridized carbons (Fsp3) is 0.267. The molecule has 1 aliphatic carbocycles. The SMILES string of the molecule is CCOC(=O)c1c2c(n(-c3ccc(OC)cc3)c1N)Cc1c(C(=O)OCC)c(N)n(-c3ccc(OC)cc3)c1C2. The monoisotopic (exact) mass is 544 g/mol. The van der Waals surface area contributed by atoms with Crippen LogP contribution in [0.4, 0.5) is 11.6 Å². The first-order chi connectivity index (χ1) is 19.3. The Morgan fingerprint density at radius 3 is 1.32 bits per heavy atom. The maximum atomic E-state index is 13.2. The molecule has 208 valence electrons. The molecule has 5 rings (SSSR count). The summed E-state index contributed by atoms with van der Waals surface area (Å²) < 4.78 is 25.1. The molecule has 0 spiro atoms. The molecule has 1 aliphatic rings. The van der Waals surface area contributed by atoms with Crippen molar-refractivity contribution in [1.29, 1.82) is 0 Å². The van der Waals surface area contributed by atoms with Gasteiger partial charge in [-0.1, -0.05) is 0 Å². The van der Waals surface area contributed by atoms with E-state index in [1.165, 1.54) is 0 Å². The highest BCUT2D eigenvalue weighted by Crippen LogP contribution is 2.42. The molecule has 2 aromatic heterocycles. The average Bonchev–Trinajstić information content (AvgIpc) is 3.40. The third-order valence-electron chi connectivity index (χ3n) is 7.14. The number of fused-ring (bicyclic) bond motifs is 2. The molecular formula is C30H32N4O6. The lowest BCUT2D eigenvalue weighted by Gasteiger charge is -2.20. The molecule has 0 saturated carbocycles. The number of hydrogen-bond acceptors (Lipinski definition) is 8. The Morgan fingerprint density at radius 2 is 1.02 bits per heavy atom. The lowest BCUT2D eigenvalue weighted by Crippen LogP contribution is -2.16. The fourth-order valence-corrected chi connectivity index (χ4v) is 5.38. The highest BCUT2D eigenvalue weighted by atomic mass is 16.5. The fourth-order valence-electron chi connectivity index (χ4n) is 5.38. The predicted molar refractivity (Wildman–Crippen MR) is 151 cm³/mol. The van der Waals surface area contributed by atoms with Gasteiger partial charge in [0.05, 0.1) is 27.4 Å². The minimum Gasteiger partial charge on any atom is -0.497 e. The van der Waals surface area contributed by atoms with E-state index in [9.17, 15) is 9.59 Å². The maximum absolute atomic E-state index is 13.2. The van der Waals surface area contributed by atoms with Crippen LogP contribution in [0.25, 0.3) is 11.4 Å². The van der Waals surface area contributed by atoms with Crippen LogP contribution in [0.5, 0.6) is 11.5 Å². The van der Waals surface area contributed by atoms with Gasteiger partial charge in [0.15, 0.2) is 0 Å². The molecule has 10 nitrogen and oxygen atoms in total. The van der Waals surface area contributed by atoms with Crippen LogP contribution in [-0.4, -0.2) is 48.5 Å². The number of rotatable bonds is 8. The van der Waals surface area contributed by atoms with Crippen LogP contribution in [0.2, 0.25) is 0 Å². The van der Waals surface area contributed by atoms with Gasteiger partial charge in [0.25, 0.3) is 0 Å². The summed E-state index contributed by atoms with van der Waals surface area (Å²) in [4.78, 5) is 26.5. The number of esters is 2. The van der Waals surface area contributed by atoms with E-state index >= 15 is 0 Å². The summed E-state index contributed by atoms with van der Waals surface area (Å²) in [6.07, 6.45) is 0.587. The normalized spacial score (nSPS) is 11.9. The van der Waals surface area contributed by atoms with E-state index in [1.807, 2.05) is 57.7 Å². The Bertz CT molecular complexity index is 1460. The number of methoxy groups -OCH3 is 2. The molecule has 0 atom stereocenters. The molecule has 40 heavy (non-hydrogen) atoms. The zero-order valence-electron chi connectivity index (χ0n) is 22.9. The number of aromatic nitrogens is 2. The van der Waals surface area contributed by atoms with Crippen LogP contribution < -0.4 is 20.9 Å². The lowest BCUT2D eigenvalue weighted by molar-refractivity contribution is 0.0516. The first-order valence-electron chi connectivity index (χ1n) is 13.0. The van der Waals surface area contributed by atoms with E-state index in [-0.39, 0.29) is 24.8 Å². The minimum absolute atomic E-state index is 0.203. The quantitative estimate of drug-likeness (QED) is 0.276. The minimum atomic E-state index is -0.506. The van der Waals surface area contributed by atoms with Crippen LogP contribution in [0.3, 0.4) is 0 Å². The number of carbonyl (C=O) groups is 2. The first kappa shape index (κ1) is 26.7. The van der Waals surface area contributed by atoms with Gasteiger partial charge in [-0.15, -0.1) is 0 Å². The van der Waals surface area contributed by atoms with E-state index in [0.29, 0.717) is 35.5 Å². The molecule has 4 N–H and O–H groups in total. The van der Waals surface area contributed by atoms with Crippen LogP contribution in [-0.2, 0) is 22.3 Å². The van der Waals surface area contributed by atoms with Gasteiger partial charge in [0.1, 0.15) is 34.3 Å². The van der Waals surface area contributed by atoms with Crippen LogP contribution >= 0.6 is 0 Å². The largest absolute Gasteiger partial charge is 0.497 e. The van der Waals surface area contributed by atoms with Gasteiger partial charge in [-0.05, 0) is 73.5 Å². The molecule has 4 aromatic rings. The molecule has 2 heterocycles. The number of benzene rings is 2. The van der Waals surface area contributed by atoms with E-state index in [4.69, 9.17) is 30.4 Å². The van der Waals surface area contributed by atoms with Crippen molar-refractivity contribution in [1.82, 2.24) is 9.13 Å². The number of nitrogens with zero attached hydrogens (tertiary/aromatic N) is 2. The molecule has 0 unspecified atom stereocenters. The zero-order valence-corrected chi connectivity index (χ0v) is 22.9. The number of hydrogen-bond donors (Lipinski definition) is 2. The van der Waals surface area contributed by atoms with Gasteiger partial charge in [-0.2, -0.15) is 0 Å². The number of anilines is 2. The van der Waals surface area contributed by atoms with Crippen molar-refractivity contribution in [2.75, 3.05) is 38.9 Å². The number of nitrogens with two attached hydrogens (primary N) is 2. The maximum Gasteiger partial charge on any atom is 0.342 e. The molecule has 0 amide bonds. The highest BCUT2D eigenvalue weighted by Gasteiger charge is 2.37. The van der Waals surface area contributed by atoms with Crippen molar-refractivity contribution in [3.05, 3.63) is 82.2 Å². The zero-order chi connectivity index (χ0) is 28.6. The first-order valence-corrected chi connectivity index (χ1v) is 13.0. The molecule has 2 aromatic carbocycles. The summed E-state index contributed by atoms with van der Waals surface area (Å²) in [5, 5.41) is 0. The van der Waals surface area contributed by atoms with Crippen molar-refractivity contribution in [2.45, 2.75) is 26.7 Å². The molecular weight excluding hydrogens is 512 g/mol. The molecule has 0 aliphatic heterocycles. The Kier molecular flexibility index (Phi) is 7.17.